The summed E-state index contributed by atoms with van der Waals surface area (Å²) in [6.07, 6.45) is 1.76. The van der Waals surface area contributed by atoms with Crippen LogP contribution in [0.1, 0.15) is 43.4 Å². The van der Waals surface area contributed by atoms with Crippen molar-refractivity contribution in [3.8, 4) is 0 Å². The molecular weight excluding hydrogens is 578 g/mol. The molecule has 0 heterocycles. The van der Waals surface area contributed by atoms with Crippen LogP contribution in [0.3, 0.4) is 0 Å². The Bertz CT molecular complexity index is 1380. The highest BCUT2D eigenvalue weighted by Crippen LogP contribution is 2.27. The van der Waals surface area contributed by atoms with Gasteiger partial charge in [-0.15, -0.1) is 0 Å². The van der Waals surface area contributed by atoms with Crippen molar-refractivity contribution >= 4 is 43.5 Å². The van der Waals surface area contributed by atoms with Crippen LogP contribution < -0.4 is 9.62 Å². The van der Waals surface area contributed by atoms with Gasteiger partial charge in [0.05, 0.1) is 10.6 Å². The average molecular weight is 615 g/mol. The number of rotatable bonds is 12. The fraction of sp³-hybridized carbons (Fsp3) is 0.333. The lowest BCUT2D eigenvalue weighted by Crippen LogP contribution is -2.51. The fourth-order valence-corrected chi connectivity index (χ4v) is 6.16. The van der Waals surface area contributed by atoms with Gasteiger partial charge in [0, 0.05) is 17.6 Å². The lowest BCUT2D eigenvalue weighted by atomic mass is 10.1. The van der Waals surface area contributed by atoms with E-state index in [1.54, 1.807) is 37.3 Å². The molecule has 0 aliphatic carbocycles. The lowest BCUT2D eigenvalue weighted by Gasteiger charge is -2.32. The number of nitrogens with one attached hydrogen (secondary N) is 1. The van der Waals surface area contributed by atoms with E-state index in [0.717, 1.165) is 38.3 Å². The van der Waals surface area contributed by atoms with Crippen molar-refractivity contribution in [3.05, 3.63) is 94.0 Å². The van der Waals surface area contributed by atoms with Crippen LogP contribution in [-0.2, 0) is 26.2 Å². The third-order valence-corrected chi connectivity index (χ3v) is 8.62. The summed E-state index contributed by atoms with van der Waals surface area (Å²) in [6, 6.07) is 20.2. The molecule has 0 unspecified atom stereocenters. The SMILES string of the molecule is CCCCNC(=O)[C@H](C)N(Cc1cccc(Br)c1)C(=O)CN(c1cc(C)cc(C)c1)S(=O)(=O)c1ccccc1. The van der Waals surface area contributed by atoms with E-state index in [1.165, 1.54) is 17.0 Å². The first-order valence-electron chi connectivity index (χ1n) is 13.0. The summed E-state index contributed by atoms with van der Waals surface area (Å²) in [4.78, 5) is 28.5. The van der Waals surface area contributed by atoms with Crippen molar-refractivity contribution in [2.24, 2.45) is 0 Å². The molecule has 7 nitrogen and oxygen atoms in total. The molecule has 208 valence electrons. The lowest BCUT2D eigenvalue weighted by molar-refractivity contribution is -0.139. The number of carbonyl (C=O) groups excluding carboxylic acids is 2. The van der Waals surface area contributed by atoms with Crippen LogP contribution >= 0.6 is 15.9 Å². The number of aryl methyl sites for hydroxylation is 2. The highest BCUT2D eigenvalue weighted by Gasteiger charge is 2.32. The average Bonchev–Trinajstić information content (AvgIpc) is 2.89. The number of carbonyl (C=O) groups is 2. The summed E-state index contributed by atoms with van der Waals surface area (Å²) >= 11 is 3.46. The van der Waals surface area contributed by atoms with Gasteiger partial charge in [0.25, 0.3) is 10.0 Å². The molecule has 1 atom stereocenters. The van der Waals surface area contributed by atoms with Gasteiger partial charge in [0.2, 0.25) is 11.8 Å². The maximum Gasteiger partial charge on any atom is 0.264 e. The maximum atomic E-state index is 14.0. The molecule has 0 aliphatic heterocycles. The second-order valence-corrected chi connectivity index (χ2v) is 12.4. The second kappa shape index (κ2) is 13.8. The van der Waals surface area contributed by atoms with Gasteiger partial charge in [0.1, 0.15) is 12.6 Å². The van der Waals surface area contributed by atoms with E-state index in [4.69, 9.17) is 0 Å². The fourth-order valence-electron chi connectivity index (χ4n) is 4.29. The van der Waals surface area contributed by atoms with Gasteiger partial charge in [-0.2, -0.15) is 0 Å². The van der Waals surface area contributed by atoms with Crippen molar-refractivity contribution in [2.75, 3.05) is 17.4 Å². The summed E-state index contributed by atoms with van der Waals surface area (Å²) in [5, 5.41) is 2.90. The van der Waals surface area contributed by atoms with Crippen molar-refractivity contribution in [1.82, 2.24) is 10.2 Å². The third kappa shape index (κ3) is 8.16. The molecule has 9 heteroatoms. The van der Waals surface area contributed by atoms with Gasteiger partial charge >= 0.3 is 0 Å². The standard InChI is InChI=1S/C30H36BrN3O4S/c1-5-6-15-32-30(36)24(4)33(20-25-11-10-12-26(31)19-25)29(35)21-34(27-17-22(2)16-23(3)18-27)39(37,38)28-13-8-7-9-14-28/h7-14,16-19,24H,5-6,15,20-21H2,1-4H3,(H,32,36)/t24-/m0/s1. The van der Waals surface area contributed by atoms with E-state index in [2.05, 4.69) is 21.2 Å². The van der Waals surface area contributed by atoms with Crippen LogP contribution in [0.15, 0.2) is 82.2 Å². The van der Waals surface area contributed by atoms with Crippen molar-refractivity contribution in [1.29, 1.82) is 0 Å². The number of hydrogen-bond acceptors (Lipinski definition) is 4. The van der Waals surface area contributed by atoms with Gasteiger partial charge < -0.3 is 10.2 Å². The van der Waals surface area contributed by atoms with E-state index >= 15 is 0 Å². The molecule has 0 aromatic heterocycles. The summed E-state index contributed by atoms with van der Waals surface area (Å²) in [7, 11) is -4.08. The maximum absolute atomic E-state index is 14.0. The van der Waals surface area contributed by atoms with Crippen molar-refractivity contribution in [2.45, 2.75) is 58.0 Å². The molecular formula is C30H36BrN3O4S. The molecule has 3 rings (SSSR count). The van der Waals surface area contributed by atoms with E-state index in [0.29, 0.717) is 12.2 Å². The monoisotopic (exact) mass is 613 g/mol. The van der Waals surface area contributed by atoms with Gasteiger partial charge in [-0.3, -0.25) is 13.9 Å². The number of unbranched alkanes of at least 4 members (excludes halogenated alkanes) is 1. The number of benzene rings is 3. The Morgan fingerprint density at radius 2 is 1.62 bits per heavy atom. The Hall–Kier alpha value is -3.17. The van der Waals surface area contributed by atoms with Crippen LogP contribution in [0.5, 0.6) is 0 Å². The van der Waals surface area contributed by atoms with Crippen LogP contribution in [0.4, 0.5) is 5.69 Å². The zero-order valence-electron chi connectivity index (χ0n) is 22.9. The minimum Gasteiger partial charge on any atom is -0.354 e. The van der Waals surface area contributed by atoms with E-state index < -0.39 is 28.5 Å². The first kappa shape index (κ1) is 30.4. The number of nitrogens with zero attached hydrogens (tertiary/aromatic N) is 2. The number of sulfonamides is 1. The van der Waals surface area contributed by atoms with E-state index in [1.807, 2.05) is 51.1 Å². The first-order chi connectivity index (χ1) is 18.5. The number of halogens is 1. The molecule has 3 aromatic rings. The minimum absolute atomic E-state index is 0.0841. The minimum atomic E-state index is -4.08. The summed E-state index contributed by atoms with van der Waals surface area (Å²) < 4.78 is 29.7. The molecule has 0 spiro atoms. The molecule has 2 amide bonds. The topological polar surface area (TPSA) is 86.8 Å². The number of amides is 2. The third-order valence-electron chi connectivity index (χ3n) is 6.34. The Labute approximate surface area is 240 Å². The smallest absolute Gasteiger partial charge is 0.264 e. The van der Waals surface area contributed by atoms with Crippen LogP contribution in [0.2, 0.25) is 0 Å². The van der Waals surface area contributed by atoms with Crippen LogP contribution in [0.25, 0.3) is 0 Å². The summed E-state index contributed by atoms with van der Waals surface area (Å²) in [5.41, 5.74) is 2.96. The van der Waals surface area contributed by atoms with Gasteiger partial charge in [-0.1, -0.05) is 65.7 Å². The molecule has 0 bridgehead atoms. The predicted octanol–water partition coefficient (Wildman–Crippen LogP) is 5.59. The van der Waals surface area contributed by atoms with Crippen LogP contribution in [0, 0.1) is 13.8 Å². The summed E-state index contributed by atoms with van der Waals surface area (Å²) in [6.45, 7) is 7.67. The molecule has 0 saturated carbocycles. The first-order valence-corrected chi connectivity index (χ1v) is 15.2. The Kier molecular flexibility index (Phi) is 10.7. The number of anilines is 1. The molecule has 1 N–H and O–H groups in total. The molecule has 3 aromatic carbocycles. The molecule has 39 heavy (non-hydrogen) atoms. The quantitative estimate of drug-likeness (QED) is 0.270. The van der Waals surface area contributed by atoms with E-state index in [9.17, 15) is 18.0 Å². The highest BCUT2D eigenvalue weighted by atomic mass is 79.9. The van der Waals surface area contributed by atoms with Gasteiger partial charge in [-0.25, -0.2) is 8.42 Å². The van der Waals surface area contributed by atoms with E-state index in [-0.39, 0.29) is 17.3 Å². The largest absolute Gasteiger partial charge is 0.354 e. The normalized spacial score (nSPS) is 12.0. The van der Waals surface area contributed by atoms with Crippen molar-refractivity contribution < 1.29 is 18.0 Å². The molecule has 0 saturated heterocycles. The Balaban J connectivity index is 2.02. The van der Waals surface area contributed by atoms with Crippen molar-refractivity contribution in [3.63, 3.8) is 0 Å². The second-order valence-electron chi connectivity index (χ2n) is 9.64. The van der Waals surface area contributed by atoms with Gasteiger partial charge in [-0.05, 0) is 80.3 Å². The zero-order chi connectivity index (χ0) is 28.6. The Morgan fingerprint density at radius 3 is 2.23 bits per heavy atom. The zero-order valence-corrected chi connectivity index (χ0v) is 25.3. The summed E-state index contributed by atoms with van der Waals surface area (Å²) in [5.74, 6) is -0.762. The Morgan fingerprint density at radius 1 is 0.949 bits per heavy atom. The molecule has 0 radical (unpaired) electrons. The molecule has 0 fully saturated rings. The van der Waals surface area contributed by atoms with Crippen LogP contribution in [-0.4, -0.2) is 44.3 Å². The number of hydrogen-bond donors (Lipinski definition) is 1. The van der Waals surface area contributed by atoms with Gasteiger partial charge in [0.15, 0.2) is 0 Å². The predicted molar refractivity (Wildman–Crippen MR) is 159 cm³/mol. The highest BCUT2D eigenvalue weighted by molar-refractivity contribution is 9.10. The molecule has 0 aliphatic rings.